The molecule has 0 radical (unpaired) electrons. The number of rotatable bonds is 5. The molecule has 1 aliphatic carbocycles. The Morgan fingerprint density at radius 3 is 2.67 bits per heavy atom. The topological polar surface area (TPSA) is 73.5 Å². The summed E-state index contributed by atoms with van der Waals surface area (Å²) in [6.07, 6.45) is 1.32. The third kappa shape index (κ3) is 3.64. The number of anilines is 2. The van der Waals surface area contributed by atoms with Gasteiger partial charge in [-0.3, -0.25) is 9.36 Å². The average molecular weight is 377 g/mol. The van der Waals surface area contributed by atoms with E-state index in [2.05, 4.69) is 25.5 Å². The summed E-state index contributed by atoms with van der Waals surface area (Å²) in [6.45, 7) is 2.36. The van der Waals surface area contributed by atoms with Crippen LogP contribution < -0.4 is 5.32 Å². The molecule has 0 spiro atoms. The van der Waals surface area contributed by atoms with Crippen molar-refractivity contribution >= 4 is 11.6 Å². The lowest BCUT2D eigenvalue weighted by molar-refractivity contribution is -0.138. The minimum atomic E-state index is -4.44. The van der Waals surface area contributed by atoms with E-state index in [1.165, 1.54) is 0 Å². The average Bonchev–Trinajstić information content (AvgIpc) is 3.30. The van der Waals surface area contributed by atoms with Gasteiger partial charge in [0, 0.05) is 25.4 Å². The van der Waals surface area contributed by atoms with Gasteiger partial charge >= 0.3 is 6.18 Å². The van der Waals surface area contributed by atoms with Gasteiger partial charge in [0.2, 0.25) is 5.95 Å². The van der Waals surface area contributed by atoms with E-state index in [0.29, 0.717) is 12.2 Å². The van der Waals surface area contributed by atoms with E-state index < -0.39 is 11.7 Å². The number of halogens is 3. The van der Waals surface area contributed by atoms with Crippen molar-refractivity contribution in [3.63, 3.8) is 0 Å². The standard InChI is InChI=1S/C17H18F3N7/c1-10-14(8-22-27(10)9-12-5-6-26(2)25-12)23-16-21-7-13(17(18,19)20)15(24-16)11-3-4-11/h5-8,11H,3-4,9H2,1-2H3,(H,21,23,24). The molecule has 0 unspecified atom stereocenters. The van der Waals surface area contributed by atoms with Crippen molar-refractivity contribution in [2.45, 2.75) is 38.4 Å². The molecule has 0 aliphatic heterocycles. The number of aromatic nitrogens is 6. The van der Waals surface area contributed by atoms with Gasteiger partial charge in [0.1, 0.15) is 0 Å². The van der Waals surface area contributed by atoms with Crippen molar-refractivity contribution in [3.05, 3.63) is 47.3 Å². The maximum absolute atomic E-state index is 13.1. The summed E-state index contributed by atoms with van der Waals surface area (Å²) in [5, 5.41) is 11.6. The lowest BCUT2D eigenvalue weighted by Gasteiger charge is -2.13. The summed E-state index contributed by atoms with van der Waals surface area (Å²) in [5.41, 5.74) is 1.64. The van der Waals surface area contributed by atoms with Crippen LogP contribution in [0.2, 0.25) is 0 Å². The van der Waals surface area contributed by atoms with E-state index in [1.54, 1.807) is 15.6 Å². The first-order chi connectivity index (χ1) is 12.8. The van der Waals surface area contributed by atoms with Crippen LogP contribution in [0.5, 0.6) is 0 Å². The maximum atomic E-state index is 13.1. The fourth-order valence-electron chi connectivity index (χ4n) is 2.89. The Morgan fingerprint density at radius 2 is 2.04 bits per heavy atom. The van der Waals surface area contributed by atoms with Crippen molar-refractivity contribution in [1.82, 2.24) is 29.5 Å². The summed E-state index contributed by atoms with van der Waals surface area (Å²) < 4.78 is 42.9. The van der Waals surface area contributed by atoms with Crippen LogP contribution in [0.3, 0.4) is 0 Å². The highest BCUT2D eigenvalue weighted by molar-refractivity contribution is 5.55. The molecular formula is C17H18F3N7. The second-order valence-electron chi connectivity index (χ2n) is 6.67. The van der Waals surface area contributed by atoms with Crippen LogP contribution in [-0.2, 0) is 19.8 Å². The SMILES string of the molecule is Cc1c(Nc2ncc(C(F)(F)F)c(C3CC3)n2)cnn1Cc1ccn(C)n1. The summed E-state index contributed by atoms with van der Waals surface area (Å²) >= 11 is 0. The Bertz CT molecular complexity index is 969. The second kappa shape index (κ2) is 6.36. The van der Waals surface area contributed by atoms with Crippen LogP contribution in [-0.4, -0.2) is 29.5 Å². The maximum Gasteiger partial charge on any atom is 0.419 e. The predicted octanol–water partition coefficient (Wildman–Crippen LogP) is 3.40. The number of nitrogens with zero attached hydrogens (tertiary/aromatic N) is 6. The zero-order valence-electron chi connectivity index (χ0n) is 14.8. The van der Waals surface area contributed by atoms with Crippen LogP contribution in [0.1, 0.15) is 41.4 Å². The third-order valence-electron chi connectivity index (χ3n) is 4.52. The molecule has 3 aromatic heterocycles. The number of alkyl halides is 3. The van der Waals surface area contributed by atoms with Gasteiger partial charge in [-0.05, 0) is 25.8 Å². The first-order valence-corrected chi connectivity index (χ1v) is 8.53. The fourth-order valence-corrected chi connectivity index (χ4v) is 2.89. The van der Waals surface area contributed by atoms with Crippen LogP contribution >= 0.6 is 0 Å². The normalized spacial score (nSPS) is 14.6. The van der Waals surface area contributed by atoms with E-state index in [-0.39, 0.29) is 17.6 Å². The molecule has 1 N–H and O–H groups in total. The van der Waals surface area contributed by atoms with Crippen LogP contribution in [0.4, 0.5) is 24.8 Å². The van der Waals surface area contributed by atoms with Gasteiger partial charge in [-0.2, -0.15) is 23.4 Å². The van der Waals surface area contributed by atoms with E-state index in [0.717, 1.165) is 30.4 Å². The number of aryl methyl sites for hydroxylation is 1. The van der Waals surface area contributed by atoms with Crippen LogP contribution in [0.25, 0.3) is 0 Å². The molecule has 1 fully saturated rings. The molecule has 0 saturated heterocycles. The smallest absolute Gasteiger partial charge is 0.321 e. The van der Waals surface area contributed by atoms with Crippen molar-refractivity contribution in [2.24, 2.45) is 7.05 Å². The zero-order valence-corrected chi connectivity index (χ0v) is 14.8. The van der Waals surface area contributed by atoms with Gasteiger partial charge in [0.15, 0.2) is 0 Å². The highest BCUT2D eigenvalue weighted by Gasteiger charge is 2.40. The van der Waals surface area contributed by atoms with Crippen LogP contribution in [0, 0.1) is 6.92 Å². The van der Waals surface area contributed by atoms with Gasteiger partial charge in [0.25, 0.3) is 0 Å². The molecule has 0 bridgehead atoms. The lowest BCUT2D eigenvalue weighted by atomic mass is 10.1. The van der Waals surface area contributed by atoms with E-state index in [9.17, 15) is 13.2 Å². The van der Waals surface area contributed by atoms with Crippen molar-refractivity contribution in [3.8, 4) is 0 Å². The molecule has 0 atom stereocenters. The van der Waals surface area contributed by atoms with Gasteiger partial charge in [-0.1, -0.05) is 0 Å². The second-order valence-corrected chi connectivity index (χ2v) is 6.67. The molecule has 0 amide bonds. The van der Waals surface area contributed by atoms with E-state index in [1.807, 2.05) is 26.2 Å². The van der Waals surface area contributed by atoms with Gasteiger partial charge in [-0.15, -0.1) is 0 Å². The predicted molar refractivity (Wildman–Crippen MR) is 91.6 cm³/mol. The molecule has 10 heteroatoms. The highest BCUT2D eigenvalue weighted by atomic mass is 19.4. The largest absolute Gasteiger partial charge is 0.419 e. The van der Waals surface area contributed by atoms with E-state index in [4.69, 9.17) is 0 Å². The Kier molecular flexibility index (Phi) is 4.12. The molecule has 1 saturated carbocycles. The van der Waals surface area contributed by atoms with Gasteiger partial charge in [0.05, 0.1) is 41.1 Å². The molecule has 27 heavy (non-hydrogen) atoms. The van der Waals surface area contributed by atoms with Crippen molar-refractivity contribution in [2.75, 3.05) is 5.32 Å². The van der Waals surface area contributed by atoms with Gasteiger partial charge < -0.3 is 5.32 Å². The third-order valence-corrected chi connectivity index (χ3v) is 4.52. The molecule has 3 heterocycles. The Labute approximate surface area is 153 Å². The number of nitrogens with one attached hydrogen (secondary N) is 1. The summed E-state index contributed by atoms with van der Waals surface area (Å²) in [7, 11) is 1.84. The highest BCUT2D eigenvalue weighted by Crippen LogP contribution is 2.45. The zero-order chi connectivity index (χ0) is 19.2. The molecule has 4 rings (SSSR count). The Morgan fingerprint density at radius 1 is 1.26 bits per heavy atom. The molecule has 0 aromatic carbocycles. The summed E-state index contributed by atoms with van der Waals surface area (Å²) in [6, 6.07) is 1.90. The summed E-state index contributed by atoms with van der Waals surface area (Å²) in [5.74, 6) is 0.00327. The monoisotopic (exact) mass is 377 g/mol. The number of hydrogen-bond donors (Lipinski definition) is 1. The Balaban J connectivity index is 1.57. The van der Waals surface area contributed by atoms with E-state index >= 15 is 0 Å². The Hall–Kier alpha value is -2.91. The minimum absolute atomic E-state index is 0.0681. The molecule has 7 nitrogen and oxygen atoms in total. The quantitative estimate of drug-likeness (QED) is 0.738. The molecule has 1 aliphatic rings. The van der Waals surface area contributed by atoms with Gasteiger partial charge in [-0.25, -0.2) is 9.97 Å². The fraction of sp³-hybridized carbons (Fsp3) is 0.412. The first kappa shape index (κ1) is 17.5. The first-order valence-electron chi connectivity index (χ1n) is 8.53. The number of hydrogen-bond acceptors (Lipinski definition) is 5. The molecule has 142 valence electrons. The molecule has 3 aromatic rings. The summed E-state index contributed by atoms with van der Waals surface area (Å²) in [4.78, 5) is 7.99. The van der Waals surface area contributed by atoms with Crippen molar-refractivity contribution in [1.29, 1.82) is 0 Å². The molecular weight excluding hydrogens is 359 g/mol. The van der Waals surface area contributed by atoms with Crippen molar-refractivity contribution < 1.29 is 13.2 Å². The van der Waals surface area contributed by atoms with Crippen LogP contribution in [0.15, 0.2) is 24.7 Å². The lowest BCUT2D eigenvalue weighted by Crippen LogP contribution is -2.13. The minimum Gasteiger partial charge on any atom is -0.321 e.